The molecule has 0 spiro atoms. The number of fused-ring (bicyclic) bond motifs is 1. The molecule has 0 aliphatic carbocycles. The largest absolute Gasteiger partial charge is 0.370 e. The number of carbonyl (C=O) groups is 1. The maximum absolute atomic E-state index is 11.9. The quantitative estimate of drug-likeness (QED) is 0.637. The third kappa shape index (κ3) is 3.98. The molecule has 3 aromatic rings. The van der Waals surface area contributed by atoms with Crippen molar-refractivity contribution in [3.05, 3.63) is 95.1 Å². The number of carbonyl (C=O) groups excluding carboxylic acids is 1. The fourth-order valence-electron chi connectivity index (χ4n) is 5.03. The number of amides is 1. The van der Waals surface area contributed by atoms with Crippen LogP contribution in [0.15, 0.2) is 77.8 Å². The van der Waals surface area contributed by atoms with Gasteiger partial charge in [-0.1, -0.05) is 66.7 Å². The van der Waals surface area contributed by atoms with Gasteiger partial charge in [0.15, 0.2) is 5.96 Å². The van der Waals surface area contributed by atoms with E-state index in [1.807, 2.05) is 22.9 Å². The maximum Gasteiger partial charge on any atom is 0.219 e. The fraction of sp³-hybridized carbons (Fsp3) is 0.259. The van der Waals surface area contributed by atoms with Crippen molar-refractivity contribution in [1.82, 2.24) is 9.80 Å². The molecule has 2 aliphatic rings. The van der Waals surface area contributed by atoms with Gasteiger partial charge in [-0.25, -0.2) is 4.99 Å². The first-order valence-electron chi connectivity index (χ1n) is 11.1. The summed E-state index contributed by atoms with van der Waals surface area (Å²) in [6.07, 6.45) is 0.868. The molecule has 2 N–H and O–H groups in total. The molecule has 0 fully saturated rings. The molecule has 2 heterocycles. The monoisotopic (exact) mass is 460 g/mol. The minimum Gasteiger partial charge on any atom is -0.370 e. The summed E-state index contributed by atoms with van der Waals surface area (Å²) in [5, 5.41) is 0. The Hall–Kier alpha value is -3.31. The summed E-state index contributed by atoms with van der Waals surface area (Å²) < 4.78 is 0. The van der Waals surface area contributed by atoms with Gasteiger partial charge in [-0.05, 0) is 45.9 Å². The lowest BCUT2D eigenvalue weighted by Crippen LogP contribution is -2.35. The Labute approximate surface area is 201 Å². The predicted octanol–water partition coefficient (Wildman–Crippen LogP) is 4.18. The smallest absolute Gasteiger partial charge is 0.219 e. The standard InChI is InChI=1S/C27H28N4O.ClH/c1-19(32)31-15-14-25-21(17-31)9-7-13-24(25)20-8-6-12-23(16-20)27(18-30(2)26(28)29-27)22-10-4-3-5-11-22;/h3-13,16H,14-15,17-18H2,1-2H3,(H2,28,29);1H. The molecule has 33 heavy (non-hydrogen) atoms. The third-order valence-corrected chi connectivity index (χ3v) is 6.78. The minimum absolute atomic E-state index is 0. The van der Waals surface area contributed by atoms with Crippen LogP contribution in [-0.2, 0) is 23.3 Å². The second-order valence-electron chi connectivity index (χ2n) is 8.77. The summed E-state index contributed by atoms with van der Waals surface area (Å²) >= 11 is 0. The van der Waals surface area contributed by atoms with Gasteiger partial charge in [0.25, 0.3) is 0 Å². The van der Waals surface area contributed by atoms with Crippen LogP contribution >= 0.6 is 12.4 Å². The van der Waals surface area contributed by atoms with Crippen LogP contribution in [0.2, 0.25) is 0 Å². The Morgan fingerprint density at radius 3 is 2.42 bits per heavy atom. The highest BCUT2D eigenvalue weighted by atomic mass is 35.5. The minimum atomic E-state index is -0.531. The lowest BCUT2D eigenvalue weighted by atomic mass is 9.81. The lowest BCUT2D eigenvalue weighted by molar-refractivity contribution is -0.129. The van der Waals surface area contributed by atoms with Crippen LogP contribution in [0.5, 0.6) is 0 Å². The molecule has 5 rings (SSSR count). The molecule has 5 nitrogen and oxygen atoms in total. The molecule has 1 amide bonds. The normalized spacial score (nSPS) is 19.5. The number of likely N-dealkylation sites (N-methyl/N-ethyl adjacent to an activating group) is 1. The summed E-state index contributed by atoms with van der Waals surface area (Å²) in [6, 6.07) is 25.5. The van der Waals surface area contributed by atoms with Crippen molar-refractivity contribution in [2.75, 3.05) is 20.1 Å². The molecule has 0 saturated heterocycles. The Kier molecular flexibility index (Phi) is 6.17. The molecule has 1 unspecified atom stereocenters. The fourth-order valence-corrected chi connectivity index (χ4v) is 5.03. The van der Waals surface area contributed by atoms with E-state index in [2.05, 4.69) is 66.7 Å². The average molecular weight is 461 g/mol. The molecule has 0 saturated carbocycles. The lowest BCUT2D eigenvalue weighted by Gasteiger charge is -2.30. The van der Waals surface area contributed by atoms with E-state index in [4.69, 9.17) is 10.7 Å². The number of benzene rings is 3. The van der Waals surface area contributed by atoms with Gasteiger partial charge in [-0.3, -0.25) is 4.79 Å². The molecule has 1 atom stereocenters. The summed E-state index contributed by atoms with van der Waals surface area (Å²) in [7, 11) is 1.99. The van der Waals surface area contributed by atoms with E-state index in [9.17, 15) is 4.79 Å². The number of nitrogens with two attached hydrogens (primary N) is 1. The van der Waals surface area contributed by atoms with Crippen molar-refractivity contribution in [3.63, 3.8) is 0 Å². The maximum atomic E-state index is 11.9. The van der Waals surface area contributed by atoms with Crippen molar-refractivity contribution < 1.29 is 4.79 Å². The first kappa shape index (κ1) is 22.9. The van der Waals surface area contributed by atoms with Gasteiger partial charge in [-0.2, -0.15) is 0 Å². The molecule has 6 heteroatoms. The van der Waals surface area contributed by atoms with E-state index in [1.165, 1.54) is 22.3 Å². The van der Waals surface area contributed by atoms with Crippen molar-refractivity contribution in [2.45, 2.75) is 25.4 Å². The highest BCUT2D eigenvalue weighted by Crippen LogP contribution is 2.40. The number of hydrogen-bond acceptors (Lipinski definition) is 4. The Bertz CT molecular complexity index is 1210. The van der Waals surface area contributed by atoms with E-state index in [-0.39, 0.29) is 18.3 Å². The van der Waals surface area contributed by atoms with Crippen LogP contribution in [0, 0.1) is 0 Å². The Balaban J connectivity index is 0.00000259. The zero-order valence-corrected chi connectivity index (χ0v) is 19.8. The van der Waals surface area contributed by atoms with Crippen molar-refractivity contribution in [2.24, 2.45) is 10.7 Å². The van der Waals surface area contributed by atoms with Crippen LogP contribution in [-0.4, -0.2) is 41.8 Å². The first-order chi connectivity index (χ1) is 15.5. The second-order valence-corrected chi connectivity index (χ2v) is 8.77. The zero-order chi connectivity index (χ0) is 22.3. The van der Waals surface area contributed by atoms with Crippen LogP contribution in [0.3, 0.4) is 0 Å². The first-order valence-corrected chi connectivity index (χ1v) is 11.1. The molecular weight excluding hydrogens is 432 g/mol. The van der Waals surface area contributed by atoms with Crippen molar-refractivity contribution >= 4 is 24.3 Å². The molecule has 0 aromatic heterocycles. The van der Waals surface area contributed by atoms with Gasteiger partial charge in [0.05, 0.1) is 6.54 Å². The number of rotatable bonds is 3. The van der Waals surface area contributed by atoms with Gasteiger partial charge in [0.1, 0.15) is 5.54 Å². The number of nitrogens with zero attached hydrogens (tertiary/aromatic N) is 3. The number of halogens is 1. The van der Waals surface area contributed by atoms with Crippen molar-refractivity contribution in [3.8, 4) is 11.1 Å². The molecule has 0 radical (unpaired) electrons. The van der Waals surface area contributed by atoms with Gasteiger partial charge >= 0.3 is 0 Å². The van der Waals surface area contributed by atoms with Crippen LogP contribution in [0.4, 0.5) is 0 Å². The molecular formula is C27H29ClN4O. The topological polar surface area (TPSA) is 61.9 Å². The van der Waals surface area contributed by atoms with Gasteiger partial charge in [-0.15, -0.1) is 12.4 Å². The second kappa shape index (κ2) is 8.91. The van der Waals surface area contributed by atoms with E-state index < -0.39 is 5.54 Å². The Morgan fingerprint density at radius 1 is 1.00 bits per heavy atom. The summed E-state index contributed by atoms with van der Waals surface area (Å²) in [6.45, 7) is 3.79. The van der Waals surface area contributed by atoms with Crippen LogP contribution in [0.25, 0.3) is 11.1 Å². The van der Waals surface area contributed by atoms with Gasteiger partial charge < -0.3 is 15.5 Å². The summed E-state index contributed by atoms with van der Waals surface area (Å²) in [5.41, 5.74) is 13.0. The third-order valence-electron chi connectivity index (χ3n) is 6.78. The number of hydrogen-bond donors (Lipinski definition) is 1. The summed E-state index contributed by atoms with van der Waals surface area (Å²) in [4.78, 5) is 20.8. The predicted molar refractivity (Wildman–Crippen MR) is 135 cm³/mol. The SMILES string of the molecule is CC(=O)N1CCc2c(cccc2-c2cccc(C3(c4ccccc4)CN(C)C(N)=N3)c2)C1.Cl. The molecule has 2 aliphatic heterocycles. The van der Waals surface area contributed by atoms with Crippen molar-refractivity contribution in [1.29, 1.82) is 0 Å². The highest BCUT2D eigenvalue weighted by molar-refractivity contribution is 5.85. The van der Waals surface area contributed by atoms with Gasteiger partial charge in [0, 0.05) is 27.1 Å². The molecule has 170 valence electrons. The zero-order valence-electron chi connectivity index (χ0n) is 19.0. The van der Waals surface area contributed by atoms with Crippen LogP contribution < -0.4 is 5.73 Å². The van der Waals surface area contributed by atoms with Crippen LogP contribution in [0.1, 0.15) is 29.2 Å². The van der Waals surface area contributed by atoms with E-state index in [1.54, 1.807) is 6.92 Å². The average Bonchev–Trinajstić information content (AvgIpc) is 3.14. The molecule has 3 aromatic carbocycles. The highest BCUT2D eigenvalue weighted by Gasteiger charge is 2.40. The van der Waals surface area contributed by atoms with Gasteiger partial charge in [0.2, 0.25) is 5.91 Å². The molecule has 0 bridgehead atoms. The Morgan fingerprint density at radius 2 is 1.73 bits per heavy atom. The van der Waals surface area contributed by atoms with E-state index in [0.717, 1.165) is 24.1 Å². The van der Waals surface area contributed by atoms with E-state index >= 15 is 0 Å². The number of aliphatic imine (C=N–C) groups is 1. The number of guanidine groups is 1. The summed E-state index contributed by atoms with van der Waals surface area (Å²) in [5.74, 6) is 0.689. The van der Waals surface area contributed by atoms with E-state index in [0.29, 0.717) is 19.0 Å².